The van der Waals surface area contributed by atoms with E-state index in [2.05, 4.69) is 25.4 Å². The molecule has 1 aromatic heterocycles. The van der Waals surface area contributed by atoms with Gasteiger partial charge in [-0.3, -0.25) is 14.8 Å². The number of hydrogen-bond donors (Lipinski definition) is 2. The molecular formula is C15H25N5O3. The molecule has 0 saturated carbocycles. The monoisotopic (exact) mass is 323 g/mol. The van der Waals surface area contributed by atoms with E-state index in [1.54, 1.807) is 0 Å². The van der Waals surface area contributed by atoms with Crippen LogP contribution in [-0.4, -0.2) is 71.0 Å². The predicted molar refractivity (Wildman–Crippen MR) is 82.8 cm³/mol. The van der Waals surface area contributed by atoms with Crippen LogP contribution >= 0.6 is 0 Å². The molecule has 128 valence electrons. The Bertz CT molecular complexity index is 529. The van der Waals surface area contributed by atoms with Gasteiger partial charge in [0.05, 0.1) is 18.8 Å². The molecule has 3 heterocycles. The van der Waals surface area contributed by atoms with Crippen molar-refractivity contribution in [3.8, 4) is 0 Å². The minimum absolute atomic E-state index is 0.0346. The molecule has 23 heavy (non-hydrogen) atoms. The number of hydrogen-bond acceptors (Lipinski definition) is 6. The zero-order valence-corrected chi connectivity index (χ0v) is 13.7. The summed E-state index contributed by atoms with van der Waals surface area (Å²) < 4.78 is 11.3. The van der Waals surface area contributed by atoms with Gasteiger partial charge < -0.3 is 14.8 Å². The molecular weight excluding hydrogens is 298 g/mol. The van der Waals surface area contributed by atoms with Crippen molar-refractivity contribution in [3.05, 3.63) is 11.6 Å². The van der Waals surface area contributed by atoms with Crippen LogP contribution in [0.25, 0.3) is 0 Å². The lowest BCUT2D eigenvalue weighted by Gasteiger charge is -2.35. The van der Waals surface area contributed by atoms with Gasteiger partial charge in [-0.25, -0.2) is 4.98 Å². The first-order valence-corrected chi connectivity index (χ1v) is 8.27. The Kier molecular flexibility index (Phi) is 5.24. The highest BCUT2D eigenvalue weighted by atomic mass is 16.5. The van der Waals surface area contributed by atoms with E-state index >= 15 is 0 Å². The molecule has 0 aromatic carbocycles. The average Bonchev–Trinajstić information content (AvgIpc) is 3.23. The Balaban J connectivity index is 1.51. The van der Waals surface area contributed by atoms with Crippen molar-refractivity contribution in [2.24, 2.45) is 0 Å². The number of nitrogens with one attached hydrogen (secondary N) is 2. The molecule has 8 nitrogen and oxygen atoms in total. The third kappa shape index (κ3) is 4.07. The second kappa shape index (κ2) is 7.37. The van der Waals surface area contributed by atoms with Crippen molar-refractivity contribution < 1.29 is 14.3 Å². The molecule has 2 saturated heterocycles. The summed E-state index contributed by atoms with van der Waals surface area (Å²) in [5.74, 6) is 1.45. The van der Waals surface area contributed by atoms with Crippen LogP contribution in [0.1, 0.15) is 37.5 Å². The highest BCUT2D eigenvalue weighted by Crippen LogP contribution is 2.20. The quantitative estimate of drug-likeness (QED) is 0.802. The van der Waals surface area contributed by atoms with E-state index in [0.717, 1.165) is 31.8 Å². The lowest BCUT2D eigenvalue weighted by molar-refractivity contribution is -0.130. The molecule has 0 unspecified atom stereocenters. The van der Waals surface area contributed by atoms with Crippen LogP contribution in [0, 0.1) is 6.92 Å². The number of aromatic amines is 1. The fourth-order valence-corrected chi connectivity index (χ4v) is 3.01. The molecule has 0 spiro atoms. The van der Waals surface area contributed by atoms with Gasteiger partial charge in [0, 0.05) is 26.2 Å². The highest BCUT2D eigenvalue weighted by Gasteiger charge is 2.30. The number of morpholine rings is 1. The summed E-state index contributed by atoms with van der Waals surface area (Å²) in [7, 11) is 0. The van der Waals surface area contributed by atoms with Gasteiger partial charge in [0.1, 0.15) is 11.9 Å². The van der Waals surface area contributed by atoms with Gasteiger partial charge >= 0.3 is 0 Å². The van der Waals surface area contributed by atoms with Gasteiger partial charge in [-0.2, -0.15) is 5.10 Å². The second-order valence-corrected chi connectivity index (χ2v) is 6.19. The van der Waals surface area contributed by atoms with E-state index in [-0.39, 0.29) is 24.2 Å². The van der Waals surface area contributed by atoms with Crippen LogP contribution in [0.5, 0.6) is 0 Å². The Morgan fingerprint density at radius 2 is 2.35 bits per heavy atom. The number of H-pyrrole nitrogens is 1. The number of aromatic nitrogens is 3. The Morgan fingerprint density at radius 1 is 1.48 bits per heavy atom. The number of aryl methyl sites for hydroxylation is 1. The van der Waals surface area contributed by atoms with Gasteiger partial charge in [0.15, 0.2) is 5.82 Å². The Labute approximate surface area is 135 Å². The van der Waals surface area contributed by atoms with Crippen molar-refractivity contribution in [3.63, 3.8) is 0 Å². The fourth-order valence-electron chi connectivity index (χ4n) is 3.01. The lowest BCUT2D eigenvalue weighted by Crippen LogP contribution is -2.51. The maximum absolute atomic E-state index is 12.4. The van der Waals surface area contributed by atoms with E-state index in [0.29, 0.717) is 25.5 Å². The lowest BCUT2D eigenvalue weighted by atomic mass is 10.2. The standard InChI is InChI=1S/C15H25N5O3/c1-10(15(21)16-8-12-4-3-6-22-12)20-5-7-23-13(9-20)14-17-11(2)18-19-14/h10,12-13H,3-9H2,1-2H3,(H,16,21)(H,17,18,19)/t10-,12-,13+/m1/s1. The number of carbonyl (C=O) groups excluding carboxylic acids is 1. The molecule has 2 aliphatic rings. The van der Waals surface area contributed by atoms with Crippen LogP contribution < -0.4 is 5.32 Å². The second-order valence-electron chi connectivity index (χ2n) is 6.19. The zero-order chi connectivity index (χ0) is 16.2. The first kappa shape index (κ1) is 16.4. The van der Waals surface area contributed by atoms with Crippen molar-refractivity contribution in [2.75, 3.05) is 32.8 Å². The highest BCUT2D eigenvalue weighted by molar-refractivity contribution is 5.81. The summed E-state index contributed by atoms with van der Waals surface area (Å²) in [6.45, 7) is 7.10. The Morgan fingerprint density at radius 3 is 3.04 bits per heavy atom. The predicted octanol–water partition coefficient (Wildman–Crippen LogP) is 0.170. The number of amides is 1. The number of carbonyl (C=O) groups is 1. The van der Waals surface area contributed by atoms with Gasteiger partial charge in [-0.15, -0.1) is 0 Å². The molecule has 3 rings (SSSR count). The summed E-state index contributed by atoms with van der Waals surface area (Å²) in [6, 6.07) is -0.206. The normalized spacial score (nSPS) is 27.0. The van der Waals surface area contributed by atoms with E-state index in [1.165, 1.54) is 0 Å². The molecule has 3 atom stereocenters. The molecule has 8 heteroatoms. The van der Waals surface area contributed by atoms with Crippen molar-refractivity contribution >= 4 is 5.91 Å². The zero-order valence-electron chi connectivity index (χ0n) is 13.7. The molecule has 1 amide bonds. The maximum atomic E-state index is 12.4. The first-order valence-electron chi connectivity index (χ1n) is 8.27. The first-order chi connectivity index (χ1) is 11.1. The summed E-state index contributed by atoms with van der Waals surface area (Å²) in [5, 5.41) is 9.99. The minimum Gasteiger partial charge on any atom is -0.376 e. The van der Waals surface area contributed by atoms with Crippen LogP contribution in [0.2, 0.25) is 0 Å². The largest absolute Gasteiger partial charge is 0.376 e. The summed E-state index contributed by atoms with van der Waals surface area (Å²) >= 11 is 0. The number of ether oxygens (including phenoxy) is 2. The van der Waals surface area contributed by atoms with Crippen LogP contribution in [0.3, 0.4) is 0 Å². The topological polar surface area (TPSA) is 92.4 Å². The van der Waals surface area contributed by atoms with Gasteiger partial charge in [-0.1, -0.05) is 0 Å². The van der Waals surface area contributed by atoms with Crippen molar-refractivity contribution in [2.45, 2.75) is 44.9 Å². The third-order valence-electron chi connectivity index (χ3n) is 4.46. The number of rotatable bonds is 5. The summed E-state index contributed by atoms with van der Waals surface area (Å²) in [4.78, 5) is 18.8. The molecule has 2 N–H and O–H groups in total. The van der Waals surface area contributed by atoms with E-state index in [1.807, 2.05) is 13.8 Å². The molecule has 0 radical (unpaired) electrons. The van der Waals surface area contributed by atoms with Crippen LogP contribution in [0.4, 0.5) is 0 Å². The van der Waals surface area contributed by atoms with E-state index < -0.39 is 0 Å². The molecule has 2 aliphatic heterocycles. The smallest absolute Gasteiger partial charge is 0.237 e. The van der Waals surface area contributed by atoms with E-state index in [9.17, 15) is 4.79 Å². The van der Waals surface area contributed by atoms with E-state index in [4.69, 9.17) is 9.47 Å². The van der Waals surface area contributed by atoms with Crippen LogP contribution in [0.15, 0.2) is 0 Å². The maximum Gasteiger partial charge on any atom is 0.237 e. The number of nitrogens with zero attached hydrogens (tertiary/aromatic N) is 3. The van der Waals surface area contributed by atoms with Gasteiger partial charge in [0.2, 0.25) is 5.91 Å². The molecule has 0 bridgehead atoms. The third-order valence-corrected chi connectivity index (χ3v) is 4.46. The molecule has 2 fully saturated rings. The van der Waals surface area contributed by atoms with Crippen molar-refractivity contribution in [1.29, 1.82) is 0 Å². The minimum atomic E-state index is -0.206. The molecule has 0 aliphatic carbocycles. The summed E-state index contributed by atoms with van der Waals surface area (Å²) in [5.41, 5.74) is 0. The van der Waals surface area contributed by atoms with Gasteiger partial charge in [0.25, 0.3) is 0 Å². The van der Waals surface area contributed by atoms with Crippen molar-refractivity contribution in [1.82, 2.24) is 25.4 Å². The SMILES string of the molecule is Cc1nc([C@@H]2CN([C@H](C)C(=O)NC[C@H]3CCCO3)CCO2)n[nH]1. The summed E-state index contributed by atoms with van der Waals surface area (Å²) in [6.07, 6.45) is 2.08. The Hall–Kier alpha value is -1.51. The molecule has 1 aromatic rings. The van der Waals surface area contributed by atoms with Crippen LogP contribution in [-0.2, 0) is 14.3 Å². The van der Waals surface area contributed by atoms with Gasteiger partial charge in [-0.05, 0) is 26.7 Å². The average molecular weight is 323 g/mol. The fraction of sp³-hybridized carbons (Fsp3) is 0.800.